The van der Waals surface area contributed by atoms with Crippen LogP contribution in [0.15, 0.2) is 54.6 Å². The molecule has 41 nitrogen and oxygen atoms in total. The van der Waals surface area contributed by atoms with Crippen molar-refractivity contribution in [1.82, 2.24) is 26.6 Å². The van der Waals surface area contributed by atoms with Crippen molar-refractivity contribution >= 4 is 64.5 Å². The summed E-state index contributed by atoms with van der Waals surface area (Å²) in [6, 6.07) is 9.05. The molecule has 0 aliphatic carbocycles. The molecule has 0 radical (unpaired) electrons. The van der Waals surface area contributed by atoms with Crippen molar-refractivity contribution in [3.05, 3.63) is 76.3 Å². The summed E-state index contributed by atoms with van der Waals surface area (Å²) in [5.74, 6) is -4.08. The average molecular weight is 2160 g/mol. The minimum atomic E-state index is -1.24. The number of amides is 5. The largest absolute Gasteiger partial charge is 0.495 e. The molecule has 0 aromatic heterocycles. The number of hydrogen-bond donors (Lipinski definition) is 5. The Hall–Kier alpha value is -6.90. The van der Waals surface area contributed by atoms with Gasteiger partial charge in [0.25, 0.3) is 0 Å². The van der Waals surface area contributed by atoms with Crippen LogP contribution in [0.1, 0.15) is 163 Å². The highest BCUT2D eigenvalue weighted by atomic mass is 35.5. The number of unbranched alkanes of at least 4 members (excludes halogenated alkanes) is 1. The topological polar surface area (TPSA) is 466 Å². The number of carbonyl (C=O) groups is 9. The van der Waals surface area contributed by atoms with Crippen LogP contribution in [0.3, 0.4) is 0 Å². The van der Waals surface area contributed by atoms with Gasteiger partial charge in [-0.15, -0.1) is 0 Å². The van der Waals surface area contributed by atoms with Gasteiger partial charge in [0, 0.05) is 76.5 Å². The Bertz CT molecular complexity index is 3850. The molecule has 2 aliphatic heterocycles. The zero-order valence-corrected chi connectivity index (χ0v) is 92.4. The SMILES string of the molecule is COCCOCCOCCOCCOCCOCCOCCOCCOCCOCCOCCOCCOCCOCCOCCOCCOCCOCCOCCOCCOCCOCCOCCOCCC(=O)NCCCC[C@H](CC(=O)[C@@H](NC(=O)CCCC(C)=O)C(C)C)C(=O)CCc1ccc([C@H]2O[C@@H]2[C@@H](C)[C@@H]2C/C=C/C(=O)N[C@H](Cc3ccc(OC)c(Cl)c3)C(=O)N[C@@H](C)C(C)(C)C(=O)N[C@@H](CC(C)(C)C)C(=O)O2)cc1. The lowest BCUT2D eigenvalue weighted by molar-refractivity contribution is -0.157. The fourth-order valence-electron chi connectivity index (χ4n) is 14.8. The molecule has 4 rings (SSSR count). The van der Waals surface area contributed by atoms with E-state index in [-0.39, 0.29) is 99.2 Å². The van der Waals surface area contributed by atoms with Crippen LogP contribution >= 0.6 is 11.6 Å². The number of Topliss-reactive ketones (excluding diaryl/α,β-unsaturated/α-hetero) is 3. The molecule has 0 unspecified atom stereocenters. The van der Waals surface area contributed by atoms with Gasteiger partial charge >= 0.3 is 5.97 Å². The second-order valence-electron chi connectivity index (χ2n) is 38.1. The van der Waals surface area contributed by atoms with E-state index in [9.17, 15) is 43.2 Å². The van der Waals surface area contributed by atoms with Crippen LogP contribution in [0.25, 0.3) is 0 Å². The highest BCUT2D eigenvalue weighted by Crippen LogP contribution is 2.46. The van der Waals surface area contributed by atoms with Crippen LogP contribution in [0, 0.1) is 28.6 Å². The van der Waals surface area contributed by atoms with Crippen LogP contribution in [0.5, 0.6) is 5.75 Å². The van der Waals surface area contributed by atoms with Gasteiger partial charge in [-0.2, -0.15) is 0 Å². The third-order valence-electron chi connectivity index (χ3n) is 23.8. The van der Waals surface area contributed by atoms with E-state index < -0.39 is 82.7 Å². The minimum absolute atomic E-state index is 0.0342. The molecule has 5 N–H and O–H groups in total. The minimum Gasteiger partial charge on any atom is -0.495 e. The molecule has 5 amide bonds. The zero-order valence-electron chi connectivity index (χ0n) is 91.7. The Kier molecular flexibility index (Phi) is 79.6. The van der Waals surface area contributed by atoms with Gasteiger partial charge in [-0.1, -0.05) is 96.0 Å². The molecule has 0 bridgehead atoms. The lowest BCUT2D eigenvalue weighted by atomic mass is 9.82. The molecule has 1 saturated heterocycles. The van der Waals surface area contributed by atoms with Gasteiger partial charge in [0.1, 0.15) is 41.6 Å². The summed E-state index contributed by atoms with van der Waals surface area (Å²) in [6.07, 6.45) is 4.36. The molecule has 2 aromatic rings. The maximum absolute atomic E-state index is 14.4. The Labute approximate surface area is 894 Å². The third-order valence-corrected chi connectivity index (χ3v) is 24.1. The van der Waals surface area contributed by atoms with E-state index in [1.807, 2.05) is 65.8 Å². The van der Waals surface area contributed by atoms with Crippen LogP contribution in [0.2, 0.25) is 5.02 Å². The number of aryl methyl sites for hydroxylation is 1. The van der Waals surface area contributed by atoms with Crippen LogP contribution in [0.4, 0.5) is 0 Å². The van der Waals surface area contributed by atoms with Crippen LogP contribution < -0.4 is 31.3 Å². The summed E-state index contributed by atoms with van der Waals surface area (Å²) in [5.41, 5.74) is 0.693. The standard InChI is InChI=1S/C108H182ClN5O36/c1-83(2)101(114-100(120)20-15-17-84(3)115)95(117)81-90(94(116)28-24-87-22-26-89(27-23-87)103-102(150-103)85(4)96-19-16-21-99(119)112-92(80-88-25-29-97(125-12)91(109)79-88)104(121)111-86(5)108(9,10)106(123)113-93(105(122)149-96)82-107(6,7)8)18-13-14-31-110-98(118)30-32-126-35-36-128-39-40-130-43-44-132-47-48-134-51-52-136-55-56-138-59-60-140-63-64-142-67-68-144-71-72-146-75-76-148-78-77-147-74-73-145-70-69-143-66-65-141-62-61-139-58-57-137-54-53-135-50-49-133-46-45-131-42-41-129-38-37-127-34-33-124-11/h16,21-23,25-27,29,79,83,85-86,90,92-93,96,101-103H,13-15,17-20,24,28,30-78,80-82H2,1-12H3,(H,110,118)(H,111,121)(H,112,119)(H,113,123)(H,114,120)/b21-16+/t85-,86-,90+,92+,93-,96-,101-,102+,103+/m0/s1. The molecule has 150 heavy (non-hydrogen) atoms. The van der Waals surface area contributed by atoms with Gasteiger partial charge in [-0.3, -0.25) is 33.6 Å². The zero-order chi connectivity index (χ0) is 109. The van der Waals surface area contributed by atoms with E-state index >= 15 is 0 Å². The van der Waals surface area contributed by atoms with E-state index in [2.05, 4.69) is 26.6 Å². The smallest absolute Gasteiger partial charge is 0.328 e. The number of ether oxygens (including phenoxy) is 27. The van der Waals surface area contributed by atoms with Crippen molar-refractivity contribution in [3.8, 4) is 5.75 Å². The highest BCUT2D eigenvalue weighted by Gasteiger charge is 2.48. The number of ketones is 3. The first-order valence-electron chi connectivity index (χ1n) is 53.4. The van der Waals surface area contributed by atoms with Gasteiger partial charge in [0.15, 0.2) is 5.78 Å². The second-order valence-corrected chi connectivity index (χ2v) is 38.5. The molecule has 42 heteroatoms. The molecule has 1 fully saturated rings. The molecule has 862 valence electrons. The maximum atomic E-state index is 14.4. The van der Waals surface area contributed by atoms with Crippen molar-refractivity contribution in [2.24, 2.45) is 28.6 Å². The normalized spacial score (nSPS) is 17.5. The summed E-state index contributed by atoms with van der Waals surface area (Å²) in [4.78, 5) is 122. The quantitative estimate of drug-likeness (QED) is 0.0237. The summed E-state index contributed by atoms with van der Waals surface area (Å²) < 4.78 is 150. The number of halogens is 1. The van der Waals surface area contributed by atoms with E-state index in [0.29, 0.717) is 359 Å². The molecular formula is C108H182ClN5O36. The Balaban J connectivity index is 0.942. The van der Waals surface area contributed by atoms with Gasteiger partial charge in [-0.05, 0) is 106 Å². The first kappa shape index (κ1) is 135. The fraction of sp³-hybridized carbons (Fsp3) is 0.787. The number of rotatable bonds is 97. The lowest BCUT2D eigenvalue weighted by Gasteiger charge is -2.35. The Morgan fingerprint density at radius 3 is 1.23 bits per heavy atom. The van der Waals surface area contributed by atoms with E-state index in [0.717, 1.165) is 11.1 Å². The molecule has 0 saturated carbocycles. The molecule has 9 atom stereocenters. The third kappa shape index (κ3) is 69.9. The predicted molar refractivity (Wildman–Crippen MR) is 558 cm³/mol. The van der Waals surface area contributed by atoms with Gasteiger partial charge < -0.3 is 159 Å². The average Bonchev–Trinajstić information content (AvgIpc) is 1.63. The van der Waals surface area contributed by atoms with Gasteiger partial charge in [0.05, 0.1) is 340 Å². The van der Waals surface area contributed by atoms with Crippen molar-refractivity contribution in [2.45, 2.75) is 195 Å². The first-order valence-corrected chi connectivity index (χ1v) is 53.7. The van der Waals surface area contributed by atoms with Crippen LogP contribution in [-0.2, 0) is 179 Å². The van der Waals surface area contributed by atoms with Crippen molar-refractivity contribution < 1.29 is 171 Å². The number of methoxy groups -OCH3 is 2. The number of esters is 1. The number of benzene rings is 2. The second kappa shape index (κ2) is 88.2. The molecule has 0 spiro atoms. The summed E-state index contributed by atoms with van der Waals surface area (Å²) in [5, 5.41) is 14.8. The Morgan fingerprint density at radius 1 is 0.460 bits per heavy atom. The summed E-state index contributed by atoms with van der Waals surface area (Å²) in [6.45, 7) is 39.6. The number of cyclic esters (lactones) is 1. The van der Waals surface area contributed by atoms with Gasteiger partial charge in [-0.25, -0.2) is 4.79 Å². The maximum Gasteiger partial charge on any atom is 0.328 e. The Morgan fingerprint density at radius 2 is 0.853 bits per heavy atom. The predicted octanol–water partition coefficient (Wildman–Crippen LogP) is 8.16. The van der Waals surface area contributed by atoms with E-state index in [4.69, 9.17) is 139 Å². The lowest BCUT2D eigenvalue weighted by Crippen LogP contribution is -2.58. The van der Waals surface area contributed by atoms with Gasteiger partial charge in [0.2, 0.25) is 29.5 Å². The number of carbonyl (C=O) groups excluding carboxylic acids is 9. The molecule has 2 aromatic carbocycles. The van der Waals surface area contributed by atoms with Crippen LogP contribution in [-0.4, -0.2) is 421 Å². The number of nitrogens with one attached hydrogen (secondary N) is 5. The van der Waals surface area contributed by atoms with Crippen molar-refractivity contribution in [3.63, 3.8) is 0 Å². The number of hydrogen-bond acceptors (Lipinski definition) is 36. The fourth-order valence-corrected chi connectivity index (χ4v) is 15.1. The molecule has 2 aliphatic rings. The summed E-state index contributed by atoms with van der Waals surface area (Å²) in [7, 11) is 3.13. The molecule has 2 heterocycles. The molecular weight excluding hydrogens is 1980 g/mol. The van der Waals surface area contributed by atoms with E-state index in [1.165, 1.54) is 20.1 Å². The highest BCUT2D eigenvalue weighted by molar-refractivity contribution is 6.32. The first-order chi connectivity index (χ1) is 72.6. The van der Waals surface area contributed by atoms with Crippen molar-refractivity contribution in [1.29, 1.82) is 0 Å². The van der Waals surface area contributed by atoms with E-state index in [1.54, 1.807) is 52.2 Å². The monoisotopic (exact) mass is 2160 g/mol. The summed E-state index contributed by atoms with van der Waals surface area (Å²) >= 11 is 6.47. The van der Waals surface area contributed by atoms with Crippen molar-refractivity contribution in [2.75, 3.05) is 331 Å². The number of epoxide rings is 1.